The van der Waals surface area contributed by atoms with Crippen molar-refractivity contribution in [3.63, 3.8) is 0 Å². The monoisotopic (exact) mass is 567 g/mol. The number of hydrogen-bond acceptors (Lipinski definition) is 12. The molecule has 3 aromatic rings. The Kier molecular flexibility index (Phi) is 8.31. The second kappa shape index (κ2) is 12.0. The lowest BCUT2D eigenvalue weighted by Gasteiger charge is -2.38. The van der Waals surface area contributed by atoms with Crippen LogP contribution in [-0.2, 0) is 4.74 Å². The van der Waals surface area contributed by atoms with Crippen LogP contribution in [0.25, 0.3) is 0 Å². The largest absolute Gasteiger partial charge is 0.494 e. The molecule has 0 aliphatic carbocycles. The molecule has 1 aromatic carbocycles. The molecule has 4 heterocycles. The van der Waals surface area contributed by atoms with E-state index >= 15 is 0 Å². The summed E-state index contributed by atoms with van der Waals surface area (Å²) >= 11 is 1.18. The minimum absolute atomic E-state index is 0.0504. The van der Waals surface area contributed by atoms with E-state index in [-0.39, 0.29) is 17.5 Å². The zero-order valence-corrected chi connectivity index (χ0v) is 23.6. The maximum Gasteiger partial charge on any atom is 0.350 e. The number of rotatable bonds is 9. The van der Waals surface area contributed by atoms with E-state index in [9.17, 15) is 14.9 Å². The van der Waals surface area contributed by atoms with Crippen molar-refractivity contribution in [3.8, 4) is 5.75 Å². The average molecular weight is 568 g/mol. The molecule has 2 aliphatic heterocycles. The highest BCUT2D eigenvalue weighted by Gasteiger charge is 2.27. The molecule has 0 radical (unpaired) electrons. The molecule has 2 aromatic heterocycles. The van der Waals surface area contributed by atoms with E-state index in [0.29, 0.717) is 28.0 Å². The van der Waals surface area contributed by atoms with Gasteiger partial charge in [0.1, 0.15) is 16.8 Å². The van der Waals surface area contributed by atoms with Gasteiger partial charge in [-0.1, -0.05) is 0 Å². The van der Waals surface area contributed by atoms with Crippen molar-refractivity contribution < 1.29 is 19.2 Å². The lowest BCUT2D eigenvalue weighted by atomic mass is 10.0. The SMILES string of the molecule is COC(=O)c1scc(C)c1Nc1nc(Nc2ccc(N3CCC(N4CCCC4)CC3)cc2OC)ncc1[N+](=O)[O-]. The van der Waals surface area contributed by atoms with E-state index in [2.05, 4.69) is 30.4 Å². The minimum atomic E-state index is -0.575. The number of ether oxygens (including phenoxy) is 2. The minimum Gasteiger partial charge on any atom is -0.494 e. The third-order valence-corrected chi connectivity index (χ3v) is 8.55. The summed E-state index contributed by atoms with van der Waals surface area (Å²) < 4.78 is 10.5. The Morgan fingerprint density at radius 2 is 1.90 bits per heavy atom. The molecule has 0 atom stereocenters. The molecule has 2 N–H and O–H groups in total. The number of likely N-dealkylation sites (tertiary alicyclic amines) is 1. The van der Waals surface area contributed by atoms with Crippen molar-refractivity contribution in [1.82, 2.24) is 14.9 Å². The van der Waals surface area contributed by atoms with Gasteiger partial charge in [0.15, 0.2) is 0 Å². The second-order valence-electron chi connectivity index (χ2n) is 9.89. The summed E-state index contributed by atoms with van der Waals surface area (Å²) in [6, 6.07) is 6.59. The maximum atomic E-state index is 12.2. The Bertz CT molecular complexity index is 1380. The Hall–Kier alpha value is -3.97. The van der Waals surface area contributed by atoms with Crippen LogP contribution in [-0.4, -0.2) is 72.2 Å². The van der Waals surface area contributed by atoms with Gasteiger partial charge >= 0.3 is 11.7 Å². The van der Waals surface area contributed by atoms with Crippen LogP contribution in [0.3, 0.4) is 0 Å². The van der Waals surface area contributed by atoms with E-state index in [1.54, 1.807) is 19.4 Å². The third kappa shape index (κ3) is 5.80. The van der Waals surface area contributed by atoms with Crippen molar-refractivity contribution in [2.75, 3.05) is 55.9 Å². The normalized spacial score (nSPS) is 16.1. The summed E-state index contributed by atoms with van der Waals surface area (Å²) in [5.74, 6) is 0.154. The van der Waals surface area contributed by atoms with Gasteiger partial charge in [0, 0.05) is 30.9 Å². The summed E-state index contributed by atoms with van der Waals surface area (Å²) in [7, 11) is 2.88. The number of benzene rings is 1. The first-order valence-electron chi connectivity index (χ1n) is 13.3. The summed E-state index contributed by atoms with van der Waals surface area (Å²) in [6.07, 6.45) is 6.04. The van der Waals surface area contributed by atoms with E-state index in [4.69, 9.17) is 9.47 Å². The fraction of sp³-hybridized carbons (Fsp3) is 0.444. The van der Waals surface area contributed by atoms with Gasteiger partial charge in [0.25, 0.3) is 0 Å². The first-order chi connectivity index (χ1) is 19.4. The van der Waals surface area contributed by atoms with Crippen molar-refractivity contribution in [3.05, 3.63) is 50.3 Å². The highest BCUT2D eigenvalue weighted by atomic mass is 32.1. The molecule has 212 valence electrons. The van der Waals surface area contributed by atoms with Gasteiger partial charge < -0.3 is 29.9 Å². The van der Waals surface area contributed by atoms with Gasteiger partial charge in [-0.25, -0.2) is 9.78 Å². The first kappa shape index (κ1) is 27.6. The molecular formula is C27H33N7O5S. The van der Waals surface area contributed by atoms with Crippen molar-refractivity contribution in [1.29, 1.82) is 0 Å². The number of esters is 1. The smallest absolute Gasteiger partial charge is 0.350 e. The van der Waals surface area contributed by atoms with Gasteiger partial charge in [-0.2, -0.15) is 4.98 Å². The Morgan fingerprint density at radius 3 is 2.58 bits per heavy atom. The van der Waals surface area contributed by atoms with Crippen LogP contribution in [0.2, 0.25) is 0 Å². The molecule has 2 aliphatic rings. The Morgan fingerprint density at radius 1 is 1.15 bits per heavy atom. The van der Waals surface area contributed by atoms with E-state index in [1.807, 2.05) is 18.2 Å². The number of thiophene rings is 1. The quantitative estimate of drug-likeness (QED) is 0.203. The molecule has 0 saturated carbocycles. The molecular weight excluding hydrogens is 534 g/mol. The van der Waals surface area contributed by atoms with Crippen LogP contribution in [0.4, 0.5) is 34.5 Å². The van der Waals surface area contributed by atoms with Gasteiger partial charge in [0.2, 0.25) is 11.8 Å². The number of aromatic nitrogens is 2. The lowest BCUT2D eigenvalue weighted by Crippen LogP contribution is -2.43. The fourth-order valence-electron chi connectivity index (χ4n) is 5.32. The Balaban J connectivity index is 1.34. The molecule has 0 bridgehead atoms. The summed E-state index contributed by atoms with van der Waals surface area (Å²) in [5.41, 5.74) is 2.51. The van der Waals surface area contributed by atoms with Crippen molar-refractivity contribution >= 4 is 51.8 Å². The van der Waals surface area contributed by atoms with Crippen LogP contribution in [0, 0.1) is 17.0 Å². The number of methoxy groups -OCH3 is 2. The topological polar surface area (TPSA) is 135 Å². The number of anilines is 5. The molecule has 0 spiro atoms. The zero-order valence-electron chi connectivity index (χ0n) is 22.8. The van der Waals surface area contributed by atoms with Crippen LogP contribution >= 0.6 is 11.3 Å². The number of nitro groups is 1. The second-order valence-corrected chi connectivity index (χ2v) is 10.8. The fourth-order valence-corrected chi connectivity index (χ4v) is 6.24. The van der Waals surface area contributed by atoms with Gasteiger partial charge in [-0.15, -0.1) is 11.3 Å². The predicted molar refractivity (Wildman–Crippen MR) is 155 cm³/mol. The third-order valence-electron chi connectivity index (χ3n) is 7.47. The molecule has 12 nitrogen and oxygen atoms in total. The van der Waals surface area contributed by atoms with Crippen LogP contribution in [0.5, 0.6) is 5.75 Å². The van der Waals surface area contributed by atoms with E-state index in [1.165, 1.54) is 44.4 Å². The summed E-state index contributed by atoms with van der Waals surface area (Å²) in [4.78, 5) is 37.2. The molecule has 0 amide bonds. The average Bonchev–Trinajstić information content (AvgIpc) is 3.63. The van der Waals surface area contributed by atoms with Crippen LogP contribution < -0.4 is 20.3 Å². The molecule has 5 rings (SSSR count). The van der Waals surface area contributed by atoms with Crippen molar-refractivity contribution in [2.24, 2.45) is 0 Å². The van der Waals surface area contributed by atoms with Gasteiger partial charge in [-0.05, 0) is 68.8 Å². The number of carbonyl (C=O) groups is 1. The summed E-state index contributed by atoms with van der Waals surface area (Å²) in [5, 5.41) is 19.6. The number of piperidine rings is 1. The first-order valence-corrected chi connectivity index (χ1v) is 14.1. The highest BCUT2D eigenvalue weighted by molar-refractivity contribution is 7.12. The van der Waals surface area contributed by atoms with Gasteiger partial charge in [0.05, 0.1) is 30.5 Å². The number of nitrogens with zero attached hydrogens (tertiary/aromatic N) is 5. The molecule has 2 saturated heterocycles. The van der Waals surface area contributed by atoms with Crippen molar-refractivity contribution in [2.45, 2.75) is 38.6 Å². The number of nitrogens with one attached hydrogen (secondary N) is 2. The van der Waals surface area contributed by atoms with Crippen LogP contribution in [0.1, 0.15) is 40.9 Å². The number of hydrogen-bond donors (Lipinski definition) is 2. The standard InChI is InChI=1S/C27H33N7O5S/c1-17-16-40-24(26(35)39-3)23(17)30-25-21(34(36)37)15-28-27(31-25)29-20-7-6-19(14-22(20)38-2)33-12-8-18(9-13-33)32-10-4-5-11-32/h6-7,14-16,18H,4-5,8-13H2,1-3H3,(H2,28,29,30,31). The van der Waals surface area contributed by atoms with Crippen LogP contribution in [0.15, 0.2) is 29.8 Å². The molecule has 40 heavy (non-hydrogen) atoms. The summed E-state index contributed by atoms with van der Waals surface area (Å²) in [6.45, 7) is 6.22. The maximum absolute atomic E-state index is 12.2. The number of aryl methyl sites for hydroxylation is 1. The molecule has 0 unspecified atom stereocenters. The van der Waals surface area contributed by atoms with Gasteiger partial charge in [-0.3, -0.25) is 10.1 Å². The van der Waals surface area contributed by atoms with E-state index in [0.717, 1.165) is 43.4 Å². The molecule has 2 fully saturated rings. The van der Waals surface area contributed by atoms with E-state index < -0.39 is 10.9 Å². The number of carbonyl (C=O) groups excluding carboxylic acids is 1. The lowest BCUT2D eigenvalue weighted by molar-refractivity contribution is -0.384. The molecule has 13 heteroatoms. The predicted octanol–water partition coefficient (Wildman–Crippen LogP) is 5.10. The highest BCUT2D eigenvalue weighted by Crippen LogP contribution is 2.36. The Labute approximate surface area is 236 Å². The zero-order chi connectivity index (χ0) is 28.2.